The van der Waals surface area contributed by atoms with E-state index >= 15 is 0 Å². The van der Waals surface area contributed by atoms with Crippen molar-refractivity contribution in [3.63, 3.8) is 0 Å². The zero-order valence-electron chi connectivity index (χ0n) is 14.9. The van der Waals surface area contributed by atoms with Gasteiger partial charge in [0.05, 0.1) is 0 Å². The first-order valence-electron chi connectivity index (χ1n) is 8.96. The zero-order chi connectivity index (χ0) is 17.9. The van der Waals surface area contributed by atoms with Gasteiger partial charge < -0.3 is 4.74 Å². The highest BCUT2D eigenvalue weighted by molar-refractivity contribution is 5.84. The van der Waals surface area contributed by atoms with Crippen molar-refractivity contribution in [2.24, 2.45) is 0 Å². The number of carbonyl (C=O) groups excluding carboxylic acids is 2. The number of unbranched alkanes of at least 4 members (excludes halogenated alkanes) is 1. The number of aryl methyl sites for hydroxylation is 2. The number of rotatable bonds is 10. The van der Waals surface area contributed by atoms with Crippen LogP contribution in [0.15, 0.2) is 54.6 Å². The summed E-state index contributed by atoms with van der Waals surface area (Å²) < 4.78 is 4.86. The van der Waals surface area contributed by atoms with E-state index in [9.17, 15) is 9.59 Å². The lowest BCUT2D eigenvalue weighted by molar-refractivity contribution is -0.147. The van der Waals surface area contributed by atoms with E-state index < -0.39 is 0 Å². The predicted molar refractivity (Wildman–Crippen MR) is 99.5 cm³/mol. The molecule has 0 saturated heterocycles. The molecule has 132 valence electrons. The predicted octanol–water partition coefficient (Wildman–Crippen LogP) is 4.32. The number of hydrogen-bond acceptors (Lipinski definition) is 3. The van der Waals surface area contributed by atoms with Crippen molar-refractivity contribution >= 4 is 11.8 Å². The van der Waals surface area contributed by atoms with Crippen LogP contribution in [-0.2, 0) is 33.6 Å². The van der Waals surface area contributed by atoms with Crippen LogP contribution in [0.5, 0.6) is 0 Å². The minimum absolute atomic E-state index is 0.0718. The van der Waals surface area contributed by atoms with Crippen LogP contribution >= 0.6 is 0 Å². The first-order valence-corrected chi connectivity index (χ1v) is 8.96. The van der Waals surface area contributed by atoms with Crippen LogP contribution in [-0.4, -0.2) is 18.4 Å². The fourth-order valence-electron chi connectivity index (χ4n) is 2.67. The SMILES string of the molecule is CCC(=O)OCC(=O)Cc1ccc(CCCCc2ccccc2)cc1. The molecule has 25 heavy (non-hydrogen) atoms. The van der Waals surface area contributed by atoms with Crippen molar-refractivity contribution in [2.75, 3.05) is 6.61 Å². The molecule has 2 aromatic carbocycles. The third-order valence-corrected chi connectivity index (χ3v) is 4.13. The Bertz CT molecular complexity index is 659. The summed E-state index contributed by atoms with van der Waals surface area (Å²) in [5.74, 6) is -0.406. The lowest BCUT2D eigenvalue weighted by Gasteiger charge is -2.05. The molecule has 2 aromatic rings. The topological polar surface area (TPSA) is 43.4 Å². The molecule has 0 aliphatic carbocycles. The molecule has 0 heterocycles. The van der Waals surface area contributed by atoms with Gasteiger partial charge in [0.1, 0.15) is 6.61 Å². The second-order valence-electron chi connectivity index (χ2n) is 6.24. The van der Waals surface area contributed by atoms with Crippen molar-refractivity contribution in [2.45, 2.75) is 45.4 Å². The Morgan fingerprint density at radius 1 is 0.800 bits per heavy atom. The zero-order valence-corrected chi connectivity index (χ0v) is 14.9. The molecule has 0 unspecified atom stereocenters. The molecule has 0 spiro atoms. The molecule has 3 nitrogen and oxygen atoms in total. The summed E-state index contributed by atoms with van der Waals surface area (Å²) in [6, 6.07) is 18.7. The Balaban J connectivity index is 1.68. The largest absolute Gasteiger partial charge is 0.458 e. The molecule has 0 aliphatic rings. The summed E-state index contributed by atoms with van der Waals surface area (Å²) in [7, 11) is 0. The molecule has 0 amide bonds. The maximum absolute atomic E-state index is 11.8. The molecule has 0 bridgehead atoms. The smallest absolute Gasteiger partial charge is 0.305 e. The Hall–Kier alpha value is -2.42. The summed E-state index contributed by atoms with van der Waals surface area (Å²) >= 11 is 0. The van der Waals surface area contributed by atoms with Gasteiger partial charge in [0, 0.05) is 12.8 Å². The van der Waals surface area contributed by atoms with E-state index in [2.05, 4.69) is 36.4 Å². The highest BCUT2D eigenvalue weighted by Crippen LogP contribution is 2.11. The third kappa shape index (κ3) is 7.34. The molecular formula is C22H26O3. The first kappa shape index (κ1) is 18.9. The standard InChI is InChI=1S/C22H26O3/c1-2-22(24)25-17-21(23)16-20-14-12-19(13-15-20)11-7-6-10-18-8-4-3-5-9-18/h3-5,8-9,12-15H,2,6-7,10-11,16-17H2,1H3. The Kier molecular flexibility index (Phi) is 7.90. The van der Waals surface area contributed by atoms with Crippen LogP contribution in [0.1, 0.15) is 42.9 Å². The van der Waals surface area contributed by atoms with Gasteiger partial charge in [-0.3, -0.25) is 9.59 Å². The number of Topliss-reactive ketones (excluding diaryl/α,β-unsaturated/α-hetero) is 1. The quantitative estimate of drug-likeness (QED) is 0.479. The third-order valence-electron chi connectivity index (χ3n) is 4.13. The molecule has 0 N–H and O–H groups in total. The van der Waals surface area contributed by atoms with Gasteiger partial charge in [-0.2, -0.15) is 0 Å². The van der Waals surface area contributed by atoms with Crippen molar-refractivity contribution in [3.8, 4) is 0 Å². The van der Waals surface area contributed by atoms with Crippen LogP contribution in [0.4, 0.5) is 0 Å². The highest BCUT2D eigenvalue weighted by atomic mass is 16.5. The lowest BCUT2D eigenvalue weighted by atomic mass is 10.0. The average Bonchev–Trinajstić information content (AvgIpc) is 2.65. The van der Waals surface area contributed by atoms with E-state index in [1.165, 1.54) is 17.5 Å². The van der Waals surface area contributed by atoms with E-state index in [-0.39, 0.29) is 18.4 Å². The van der Waals surface area contributed by atoms with Crippen LogP contribution in [0.2, 0.25) is 0 Å². The summed E-state index contributed by atoms with van der Waals surface area (Å²) in [6.07, 6.45) is 5.10. The van der Waals surface area contributed by atoms with Crippen molar-refractivity contribution in [1.82, 2.24) is 0 Å². The number of benzene rings is 2. The summed E-state index contributed by atoms with van der Waals surface area (Å²) in [4.78, 5) is 22.8. The number of carbonyl (C=O) groups is 2. The second-order valence-corrected chi connectivity index (χ2v) is 6.24. The fraction of sp³-hybridized carbons (Fsp3) is 0.364. The average molecular weight is 338 g/mol. The van der Waals surface area contributed by atoms with E-state index in [0.717, 1.165) is 24.8 Å². The summed E-state index contributed by atoms with van der Waals surface area (Å²) in [6.45, 7) is 1.58. The van der Waals surface area contributed by atoms with Gasteiger partial charge in [0.15, 0.2) is 5.78 Å². The lowest BCUT2D eigenvalue weighted by Crippen LogP contribution is -2.15. The number of esters is 1. The summed E-state index contributed by atoms with van der Waals surface area (Å²) in [5, 5.41) is 0. The molecule has 0 atom stereocenters. The Morgan fingerprint density at radius 3 is 1.96 bits per heavy atom. The van der Waals surface area contributed by atoms with E-state index in [0.29, 0.717) is 12.8 Å². The van der Waals surface area contributed by atoms with Gasteiger partial charge in [-0.15, -0.1) is 0 Å². The molecule has 3 heteroatoms. The van der Waals surface area contributed by atoms with Crippen molar-refractivity contribution in [1.29, 1.82) is 0 Å². The van der Waals surface area contributed by atoms with Crippen LogP contribution < -0.4 is 0 Å². The molecule has 0 radical (unpaired) electrons. The summed E-state index contributed by atoms with van der Waals surface area (Å²) in [5.41, 5.74) is 3.65. The molecular weight excluding hydrogens is 312 g/mol. The minimum atomic E-state index is -0.334. The van der Waals surface area contributed by atoms with Gasteiger partial charge in [0.2, 0.25) is 0 Å². The van der Waals surface area contributed by atoms with E-state index in [1.54, 1.807) is 6.92 Å². The van der Waals surface area contributed by atoms with E-state index in [4.69, 9.17) is 4.74 Å². The highest BCUT2D eigenvalue weighted by Gasteiger charge is 2.07. The van der Waals surface area contributed by atoms with Crippen LogP contribution in [0.25, 0.3) is 0 Å². The van der Waals surface area contributed by atoms with Crippen LogP contribution in [0.3, 0.4) is 0 Å². The van der Waals surface area contributed by atoms with Crippen LogP contribution in [0, 0.1) is 0 Å². The van der Waals surface area contributed by atoms with Crippen molar-refractivity contribution in [3.05, 3.63) is 71.3 Å². The Labute approximate surface area is 150 Å². The van der Waals surface area contributed by atoms with Gasteiger partial charge in [-0.25, -0.2) is 0 Å². The maximum Gasteiger partial charge on any atom is 0.305 e. The van der Waals surface area contributed by atoms with E-state index in [1.807, 2.05) is 18.2 Å². The minimum Gasteiger partial charge on any atom is -0.458 e. The fourth-order valence-corrected chi connectivity index (χ4v) is 2.67. The second kappa shape index (κ2) is 10.4. The van der Waals surface area contributed by atoms with Gasteiger partial charge >= 0.3 is 5.97 Å². The van der Waals surface area contributed by atoms with Gasteiger partial charge in [-0.05, 0) is 42.4 Å². The monoisotopic (exact) mass is 338 g/mol. The number of hydrogen-bond donors (Lipinski definition) is 0. The van der Waals surface area contributed by atoms with Crippen molar-refractivity contribution < 1.29 is 14.3 Å². The Morgan fingerprint density at radius 2 is 1.36 bits per heavy atom. The molecule has 0 fully saturated rings. The molecule has 0 saturated carbocycles. The molecule has 2 rings (SSSR count). The first-order chi connectivity index (χ1) is 12.2. The number of ketones is 1. The van der Waals surface area contributed by atoms with Gasteiger partial charge in [-0.1, -0.05) is 61.5 Å². The normalized spacial score (nSPS) is 10.4. The maximum atomic E-state index is 11.8. The molecule has 0 aromatic heterocycles. The number of ether oxygens (including phenoxy) is 1. The van der Waals surface area contributed by atoms with Gasteiger partial charge in [0.25, 0.3) is 0 Å². The molecule has 0 aliphatic heterocycles.